The first-order valence-corrected chi connectivity index (χ1v) is 9.19. The molecule has 0 aliphatic rings. The Bertz CT molecular complexity index is 833. The first-order valence-electron chi connectivity index (χ1n) is 7.37. The van der Waals surface area contributed by atoms with Gasteiger partial charge in [-0.05, 0) is 36.4 Å². The van der Waals surface area contributed by atoms with Gasteiger partial charge < -0.3 is 15.4 Å². The van der Waals surface area contributed by atoms with Crippen LogP contribution >= 0.6 is 0 Å². The molecule has 0 bridgehead atoms. The topological polar surface area (TPSA) is 102 Å². The third kappa shape index (κ3) is 6.27. The van der Waals surface area contributed by atoms with Crippen LogP contribution in [0.25, 0.3) is 0 Å². The molecule has 2 aromatic carbocycles. The van der Waals surface area contributed by atoms with Crippen molar-refractivity contribution in [1.29, 1.82) is 0 Å². The molecular weight excluding hydrogens is 344 g/mol. The van der Waals surface area contributed by atoms with Gasteiger partial charge in [0.05, 0.1) is 7.11 Å². The Morgan fingerprint density at radius 1 is 0.840 bits per heavy atom. The number of hydrogen-bond acceptors (Lipinski definition) is 5. The lowest BCUT2D eigenvalue weighted by Crippen LogP contribution is -2.30. The molecule has 0 aromatic heterocycles. The van der Waals surface area contributed by atoms with Crippen LogP contribution in [-0.4, -0.2) is 38.8 Å². The molecule has 2 amide bonds. The van der Waals surface area contributed by atoms with Crippen LogP contribution in [0.3, 0.4) is 0 Å². The molecule has 0 fully saturated rings. The summed E-state index contributed by atoms with van der Waals surface area (Å²) in [5, 5.41) is 4.94. The maximum Gasteiger partial charge on any atom is 0.239 e. The standard InChI is InChI=1S/C17H18N2O5S/c1-24-15-9-7-14(8-10-15)19-17(21)12-25(22,23)11-16(20)18-13-5-3-2-4-6-13/h2-10H,11-12H2,1H3,(H,18,20)(H,19,21). The van der Waals surface area contributed by atoms with Crippen molar-refractivity contribution in [3.63, 3.8) is 0 Å². The number of nitrogens with one attached hydrogen (secondary N) is 2. The van der Waals surface area contributed by atoms with E-state index in [-0.39, 0.29) is 0 Å². The Kier molecular flexibility index (Phi) is 6.13. The van der Waals surface area contributed by atoms with Crippen molar-refractivity contribution >= 4 is 33.0 Å². The van der Waals surface area contributed by atoms with Crippen LogP contribution in [-0.2, 0) is 19.4 Å². The highest BCUT2D eigenvalue weighted by atomic mass is 32.2. The van der Waals surface area contributed by atoms with Gasteiger partial charge in [-0.15, -0.1) is 0 Å². The second kappa shape index (κ2) is 8.29. The molecule has 0 radical (unpaired) electrons. The Morgan fingerprint density at radius 2 is 1.32 bits per heavy atom. The van der Waals surface area contributed by atoms with Crippen molar-refractivity contribution in [1.82, 2.24) is 0 Å². The molecule has 0 heterocycles. The zero-order valence-corrected chi connectivity index (χ0v) is 14.4. The third-order valence-corrected chi connectivity index (χ3v) is 4.54. The summed E-state index contributed by atoms with van der Waals surface area (Å²) in [5.74, 6) is -2.33. The maximum absolute atomic E-state index is 12.0. The zero-order chi connectivity index (χ0) is 18.3. The Labute approximate surface area is 145 Å². The largest absolute Gasteiger partial charge is 0.497 e. The number of benzene rings is 2. The predicted molar refractivity (Wildman–Crippen MR) is 95.3 cm³/mol. The average molecular weight is 362 g/mol. The zero-order valence-electron chi connectivity index (χ0n) is 13.6. The van der Waals surface area contributed by atoms with Gasteiger partial charge >= 0.3 is 0 Å². The highest BCUT2D eigenvalue weighted by molar-refractivity contribution is 7.92. The molecular formula is C17H18N2O5S. The number of sulfone groups is 1. The van der Waals surface area contributed by atoms with Crippen LogP contribution in [0.4, 0.5) is 11.4 Å². The van der Waals surface area contributed by atoms with Gasteiger partial charge in [-0.2, -0.15) is 0 Å². The SMILES string of the molecule is COc1ccc(NC(=O)CS(=O)(=O)CC(=O)Nc2ccccc2)cc1. The minimum atomic E-state index is -3.88. The van der Waals surface area contributed by atoms with Gasteiger partial charge in [0.2, 0.25) is 11.8 Å². The van der Waals surface area contributed by atoms with E-state index in [0.29, 0.717) is 17.1 Å². The lowest BCUT2D eigenvalue weighted by Gasteiger charge is -2.08. The number of rotatable bonds is 7. The van der Waals surface area contributed by atoms with Crippen LogP contribution in [0.1, 0.15) is 0 Å². The molecule has 0 aliphatic heterocycles. The van der Waals surface area contributed by atoms with Gasteiger partial charge in [0.15, 0.2) is 9.84 Å². The molecule has 2 N–H and O–H groups in total. The van der Waals surface area contributed by atoms with Crippen molar-refractivity contribution < 1.29 is 22.7 Å². The summed E-state index contributed by atoms with van der Waals surface area (Å²) in [7, 11) is -2.37. The second-order valence-corrected chi connectivity index (χ2v) is 7.29. The van der Waals surface area contributed by atoms with E-state index in [0.717, 1.165) is 0 Å². The number of ether oxygens (including phenoxy) is 1. The van der Waals surface area contributed by atoms with Crippen LogP contribution in [0.5, 0.6) is 5.75 Å². The highest BCUT2D eigenvalue weighted by Crippen LogP contribution is 2.15. The summed E-state index contributed by atoms with van der Waals surface area (Å²) in [4.78, 5) is 23.7. The van der Waals surface area contributed by atoms with Gasteiger partial charge in [0.1, 0.15) is 17.3 Å². The van der Waals surface area contributed by atoms with E-state index in [2.05, 4.69) is 10.6 Å². The lowest BCUT2D eigenvalue weighted by molar-refractivity contribution is -0.114. The van der Waals surface area contributed by atoms with Crippen LogP contribution in [0.2, 0.25) is 0 Å². The van der Waals surface area contributed by atoms with E-state index >= 15 is 0 Å². The molecule has 0 spiro atoms. The summed E-state index contributed by atoms with van der Waals surface area (Å²) in [6.45, 7) is 0. The van der Waals surface area contributed by atoms with Crippen molar-refractivity contribution in [3.8, 4) is 5.75 Å². The fourth-order valence-corrected chi connectivity index (χ4v) is 3.09. The fraction of sp³-hybridized carbons (Fsp3) is 0.176. The van der Waals surface area contributed by atoms with Crippen molar-refractivity contribution in [2.24, 2.45) is 0 Å². The summed E-state index contributed by atoms with van der Waals surface area (Å²) in [6.07, 6.45) is 0. The van der Waals surface area contributed by atoms with Gasteiger partial charge in [-0.25, -0.2) is 8.42 Å². The Morgan fingerprint density at radius 3 is 1.80 bits per heavy atom. The predicted octanol–water partition coefficient (Wildman–Crippen LogP) is 1.69. The van der Waals surface area contributed by atoms with E-state index in [1.54, 1.807) is 54.6 Å². The summed E-state index contributed by atoms with van der Waals surface area (Å²) in [6, 6.07) is 14.9. The van der Waals surface area contributed by atoms with Crippen molar-refractivity contribution in [2.45, 2.75) is 0 Å². The van der Waals surface area contributed by atoms with E-state index in [4.69, 9.17) is 4.74 Å². The summed E-state index contributed by atoms with van der Waals surface area (Å²) < 4.78 is 29.0. The quantitative estimate of drug-likeness (QED) is 0.780. The van der Waals surface area contributed by atoms with Gasteiger partial charge in [-0.1, -0.05) is 18.2 Å². The van der Waals surface area contributed by atoms with Gasteiger partial charge in [0.25, 0.3) is 0 Å². The fourth-order valence-electron chi connectivity index (χ4n) is 2.04. The van der Waals surface area contributed by atoms with E-state index in [9.17, 15) is 18.0 Å². The molecule has 132 valence electrons. The number of para-hydroxylation sites is 1. The average Bonchev–Trinajstić information content (AvgIpc) is 2.55. The highest BCUT2D eigenvalue weighted by Gasteiger charge is 2.21. The number of methoxy groups -OCH3 is 1. The number of carbonyl (C=O) groups excluding carboxylic acids is 2. The van der Waals surface area contributed by atoms with Crippen LogP contribution < -0.4 is 15.4 Å². The molecule has 25 heavy (non-hydrogen) atoms. The van der Waals surface area contributed by atoms with E-state index in [1.165, 1.54) is 7.11 Å². The Hall–Kier alpha value is -2.87. The minimum Gasteiger partial charge on any atom is -0.497 e. The molecule has 0 aliphatic carbocycles. The molecule has 0 atom stereocenters. The van der Waals surface area contributed by atoms with Crippen LogP contribution in [0, 0.1) is 0 Å². The number of anilines is 2. The molecule has 7 nitrogen and oxygen atoms in total. The maximum atomic E-state index is 12.0. The van der Waals surface area contributed by atoms with E-state index < -0.39 is 33.2 Å². The first kappa shape index (κ1) is 18.5. The number of amides is 2. The molecule has 8 heteroatoms. The first-order chi connectivity index (χ1) is 11.9. The van der Waals surface area contributed by atoms with Crippen molar-refractivity contribution in [3.05, 3.63) is 54.6 Å². The smallest absolute Gasteiger partial charge is 0.239 e. The normalized spacial score (nSPS) is 10.8. The van der Waals surface area contributed by atoms with Gasteiger partial charge in [0, 0.05) is 11.4 Å². The molecule has 0 unspecified atom stereocenters. The lowest BCUT2D eigenvalue weighted by atomic mass is 10.3. The van der Waals surface area contributed by atoms with Crippen LogP contribution in [0.15, 0.2) is 54.6 Å². The number of hydrogen-bond donors (Lipinski definition) is 2. The summed E-state index contributed by atoms with van der Waals surface area (Å²) >= 11 is 0. The third-order valence-electron chi connectivity index (χ3n) is 3.13. The van der Waals surface area contributed by atoms with Crippen molar-refractivity contribution in [2.75, 3.05) is 29.2 Å². The number of carbonyl (C=O) groups is 2. The van der Waals surface area contributed by atoms with Gasteiger partial charge in [-0.3, -0.25) is 9.59 Å². The van der Waals surface area contributed by atoms with E-state index in [1.807, 2.05) is 0 Å². The monoisotopic (exact) mass is 362 g/mol. The molecule has 0 saturated heterocycles. The molecule has 0 saturated carbocycles. The molecule has 2 rings (SSSR count). The summed E-state index contributed by atoms with van der Waals surface area (Å²) in [5.41, 5.74) is 0.931. The molecule has 2 aromatic rings. The minimum absolute atomic E-state index is 0.440. The Balaban J connectivity index is 1.88. The second-order valence-electron chi connectivity index (χ2n) is 5.22.